The molecule has 1 amide bonds. The SMILES string of the molecule is CCO[C@@H](Cc1ccc(OC(C)(C)C(=O)NCCc2cccc(Cl)c2)cc1)C(=O)O. The van der Waals surface area contributed by atoms with Crippen molar-refractivity contribution >= 4 is 23.5 Å². The lowest BCUT2D eigenvalue weighted by molar-refractivity contribution is -0.150. The number of hydrogen-bond acceptors (Lipinski definition) is 4. The van der Waals surface area contributed by atoms with Crippen LogP contribution >= 0.6 is 11.6 Å². The molecule has 0 aromatic heterocycles. The molecule has 0 bridgehead atoms. The molecule has 0 aliphatic carbocycles. The molecule has 6 nitrogen and oxygen atoms in total. The molecule has 2 N–H and O–H groups in total. The Labute approximate surface area is 182 Å². The van der Waals surface area contributed by atoms with E-state index in [-0.39, 0.29) is 12.3 Å². The number of aliphatic carboxylic acids is 1. The minimum atomic E-state index is -1.06. The molecule has 0 radical (unpaired) electrons. The lowest BCUT2D eigenvalue weighted by Crippen LogP contribution is -2.47. The molecule has 0 fully saturated rings. The van der Waals surface area contributed by atoms with Gasteiger partial charge in [0.1, 0.15) is 5.75 Å². The molecule has 1 atom stereocenters. The van der Waals surface area contributed by atoms with Gasteiger partial charge in [0.05, 0.1) is 0 Å². The van der Waals surface area contributed by atoms with Gasteiger partial charge in [-0.25, -0.2) is 4.79 Å². The molecule has 2 aromatic rings. The number of hydrogen-bond donors (Lipinski definition) is 2. The number of halogens is 1. The number of rotatable bonds is 11. The first-order valence-corrected chi connectivity index (χ1v) is 10.2. The van der Waals surface area contributed by atoms with Gasteiger partial charge in [0.2, 0.25) is 0 Å². The summed E-state index contributed by atoms with van der Waals surface area (Å²) >= 11 is 5.98. The Balaban J connectivity index is 1.88. The number of carboxylic acids is 1. The average molecular weight is 434 g/mol. The number of ether oxygens (including phenoxy) is 2. The second-order valence-corrected chi connectivity index (χ2v) is 7.81. The van der Waals surface area contributed by atoms with Crippen LogP contribution in [-0.2, 0) is 27.2 Å². The van der Waals surface area contributed by atoms with Crippen LogP contribution in [-0.4, -0.2) is 41.8 Å². The molecule has 7 heteroatoms. The summed E-state index contributed by atoms with van der Waals surface area (Å²) in [5, 5.41) is 12.7. The third-order valence-corrected chi connectivity index (χ3v) is 4.73. The molecule has 0 heterocycles. The van der Waals surface area contributed by atoms with E-state index in [1.807, 2.05) is 24.3 Å². The first-order chi connectivity index (χ1) is 14.2. The molecule has 0 saturated carbocycles. The Kier molecular flexibility index (Phi) is 8.69. The van der Waals surface area contributed by atoms with Crippen LogP contribution in [0.25, 0.3) is 0 Å². The fraction of sp³-hybridized carbons (Fsp3) is 0.391. The van der Waals surface area contributed by atoms with Crippen LogP contribution in [0.4, 0.5) is 0 Å². The summed E-state index contributed by atoms with van der Waals surface area (Å²) in [5.74, 6) is -0.694. The van der Waals surface area contributed by atoms with Crippen molar-refractivity contribution in [2.24, 2.45) is 0 Å². The largest absolute Gasteiger partial charge is 0.479 e. The molecular weight excluding hydrogens is 406 g/mol. The zero-order valence-electron chi connectivity index (χ0n) is 17.5. The summed E-state index contributed by atoms with van der Waals surface area (Å²) in [4.78, 5) is 23.8. The second kappa shape index (κ2) is 11.0. The Morgan fingerprint density at radius 2 is 1.83 bits per heavy atom. The lowest BCUT2D eigenvalue weighted by atomic mass is 10.1. The van der Waals surface area contributed by atoms with Crippen LogP contribution in [0.1, 0.15) is 31.9 Å². The van der Waals surface area contributed by atoms with E-state index in [1.165, 1.54) is 0 Å². The van der Waals surface area contributed by atoms with Crippen molar-refractivity contribution in [2.75, 3.05) is 13.2 Å². The predicted octanol–water partition coefficient (Wildman–Crippen LogP) is 3.89. The maximum absolute atomic E-state index is 12.5. The number of carbonyl (C=O) groups excluding carboxylic acids is 1. The molecule has 162 valence electrons. The normalized spacial score (nSPS) is 12.3. The summed E-state index contributed by atoms with van der Waals surface area (Å²) in [5.41, 5.74) is 0.793. The summed E-state index contributed by atoms with van der Waals surface area (Å²) < 4.78 is 11.1. The van der Waals surface area contributed by atoms with Gasteiger partial charge in [0.15, 0.2) is 11.7 Å². The molecule has 30 heavy (non-hydrogen) atoms. The number of carbonyl (C=O) groups is 2. The van der Waals surface area contributed by atoms with Gasteiger partial charge < -0.3 is 19.9 Å². The first kappa shape index (κ1) is 23.7. The van der Waals surface area contributed by atoms with E-state index in [0.29, 0.717) is 30.3 Å². The molecule has 2 rings (SSSR count). The summed E-state index contributed by atoms with van der Waals surface area (Å²) in [6, 6.07) is 14.5. The van der Waals surface area contributed by atoms with E-state index < -0.39 is 17.7 Å². The smallest absolute Gasteiger partial charge is 0.333 e. The highest BCUT2D eigenvalue weighted by atomic mass is 35.5. The zero-order valence-corrected chi connectivity index (χ0v) is 18.2. The van der Waals surface area contributed by atoms with Gasteiger partial charge in [-0.1, -0.05) is 35.9 Å². The fourth-order valence-corrected chi connectivity index (χ4v) is 3.11. The van der Waals surface area contributed by atoms with Crippen LogP contribution in [0.3, 0.4) is 0 Å². The molecular formula is C23H28ClNO5. The highest BCUT2D eigenvalue weighted by Crippen LogP contribution is 2.20. The summed E-state index contributed by atoms with van der Waals surface area (Å²) in [6.45, 7) is 5.96. The van der Waals surface area contributed by atoms with Gasteiger partial charge in [-0.3, -0.25) is 4.79 Å². The van der Waals surface area contributed by atoms with Crippen molar-refractivity contribution in [2.45, 2.75) is 45.3 Å². The summed E-state index contributed by atoms with van der Waals surface area (Å²) in [7, 11) is 0. The number of benzene rings is 2. The van der Waals surface area contributed by atoms with Crippen LogP contribution in [0.15, 0.2) is 48.5 Å². The quantitative estimate of drug-likeness (QED) is 0.561. The van der Waals surface area contributed by atoms with Gasteiger partial charge in [-0.05, 0) is 62.6 Å². The van der Waals surface area contributed by atoms with E-state index in [9.17, 15) is 14.7 Å². The minimum Gasteiger partial charge on any atom is -0.479 e. The van der Waals surface area contributed by atoms with Crippen molar-refractivity contribution in [3.63, 3.8) is 0 Å². The van der Waals surface area contributed by atoms with Crippen LogP contribution in [0, 0.1) is 0 Å². The van der Waals surface area contributed by atoms with Gasteiger partial charge in [0.25, 0.3) is 5.91 Å². The molecule has 0 aliphatic heterocycles. The van der Waals surface area contributed by atoms with Crippen LogP contribution < -0.4 is 10.1 Å². The average Bonchev–Trinajstić information content (AvgIpc) is 2.68. The third kappa shape index (κ3) is 7.35. The highest BCUT2D eigenvalue weighted by molar-refractivity contribution is 6.30. The Morgan fingerprint density at radius 1 is 1.13 bits per heavy atom. The fourth-order valence-electron chi connectivity index (χ4n) is 2.89. The van der Waals surface area contributed by atoms with Gasteiger partial charge >= 0.3 is 5.97 Å². The second-order valence-electron chi connectivity index (χ2n) is 7.38. The van der Waals surface area contributed by atoms with E-state index in [4.69, 9.17) is 21.1 Å². The van der Waals surface area contributed by atoms with E-state index >= 15 is 0 Å². The zero-order chi connectivity index (χ0) is 22.1. The molecule has 2 aromatic carbocycles. The van der Waals surface area contributed by atoms with Gasteiger partial charge in [0, 0.05) is 24.6 Å². The summed E-state index contributed by atoms with van der Waals surface area (Å²) in [6.07, 6.45) is 0.0434. The predicted molar refractivity (Wildman–Crippen MR) is 116 cm³/mol. The van der Waals surface area contributed by atoms with Crippen molar-refractivity contribution in [3.8, 4) is 5.75 Å². The van der Waals surface area contributed by atoms with Crippen molar-refractivity contribution < 1.29 is 24.2 Å². The van der Waals surface area contributed by atoms with E-state index in [2.05, 4.69) is 5.32 Å². The van der Waals surface area contributed by atoms with Crippen LogP contribution in [0.5, 0.6) is 5.75 Å². The van der Waals surface area contributed by atoms with Crippen LogP contribution in [0.2, 0.25) is 5.02 Å². The maximum Gasteiger partial charge on any atom is 0.333 e. The Hall–Kier alpha value is -2.57. The molecule has 0 saturated heterocycles. The van der Waals surface area contributed by atoms with Crippen molar-refractivity contribution in [1.82, 2.24) is 5.32 Å². The first-order valence-electron chi connectivity index (χ1n) is 9.86. The van der Waals surface area contributed by atoms with Crippen molar-refractivity contribution in [1.29, 1.82) is 0 Å². The molecule has 0 spiro atoms. The molecule has 0 aliphatic rings. The Morgan fingerprint density at radius 3 is 2.43 bits per heavy atom. The number of carboxylic acid groups (broad SMARTS) is 1. The van der Waals surface area contributed by atoms with Gasteiger partial charge in [-0.15, -0.1) is 0 Å². The van der Waals surface area contributed by atoms with Gasteiger partial charge in [-0.2, -0.15) is 0 Å². The van der Waals surface area contributed by atoms with E-state index in [1.54, 1.807) is 45.0 Å². The minimum absolute atomic E-state index is 0.226. The van der Waals surface area contributed by atoms with Crippen molar-refractivity contribution in [3.05, 3.63) is 64.7 Å². The molecule has 0 unspecified atom stereocenters. The standard InChI is InChI=1S/C23H28ClNO5/c1-4-29-20(21(26)27)15-17-8-10-19(11-9-17)30-23(2,3)22(28)25-13-12-16-6-5-7-18(24)14-16/h5-11,14,20H,4,12-13,15H2,1-3H3,(H,25,28)(H,26,27)/t20-/m0/s1. The number of amides is 1. The third-order valence-electron chi connectivity index (χ3n) is 4.50. The number of nitrogens with one attached hydrogen (secondary N) is 1. The monoisotopic (exact) mass is 433 g/mol. The lowest BCUT2D eigenvalue weighted by Gasteiger charge is -2.25. The topological polar surface area (TPSA) is 84.9 Å². The Bertz CT molecular complexity index is 851. The maximum atomic E-state index is 12.5. The van der Waals surface area contributed by atoms with E-state index in [0.717, 1.165) is 11.1 Å². The highest BCUT2D eigenvalue weighted by Gasteiger charge is 2.29.